The lowest BCUT2D eigenvalue weighted by molar-refractivity contribution is -0.130. The van der Waals surface area contributed by atoms with Gasteiger partial charge in [0.25, 0.3) is 5.91 Å². The highest BCUT2D eigenvalue weighted by Gasteiger charge is 2.29. The highest BCUT2D eigenvalue weighted by atomic mass is 19.1. The molecule has 1 saturated heterocycles. The molecule has 2 heterocycles. The topological polar surface area (TPSA) is 98.6 Å². The predicted octanol–water partition coefficient (Wildman–Crippen LogP) is 3.88. The standard InChI is InChI=1S/C27H25FN4O3/c1-16-6-11-20-22(14-16)30-25(21-4-2-3-5-23(21)33)31-26(20)32-13-12-19(15-32)29-27(35)24(34)17-7-9-18(28)10-8-17/h2-11,14,19,24,33-34H,12-13,15H2,1H3,(H,29,35). The second kappa shape index (κ2) is 9.31. The number of para-hydroxylation sites is 1. The molecular formula is C27H25FN4O3. The first kappa shape index (κ1) is 22.7. The molecule has 7 nitrogen and oxygen atoms in total. The third-order valence-corrected chi connectivity index (χ3v) is 6.25. The molecule has 0 spiro atoms. The van der Waals surface area contributed by atoms with Crippen LogP contribution >= 0.6 is 0 Å². The van der Waals surface area contributed by atoms with Gasteiger partial charge in [-0.2, -0.15) is 0 Å². The van der Waals surface area contributed by atoms with Crippen LogP contribution < -0.4 is 10.2 Å². The van der Waals surface area contributed by atoms with Gasteiger partial charge in [-0.25, -0.2) is 14.4 Å². The van der Waals surface area contributed by atoms with Crippen LogP contribution in [0, 0.1) is 12.7 Å². The molecule has 4 aromatic rings. The molecule has 2 atom stereocenters. The van der Waals surface area contributed by atoms with Crippen molar-refractivity contribution in [2.75, 3.05) is 18.0 Å². The summed E-state index contributed by atoms with van der Waals surface area (Å²) < 4.78 is 13.2. The first-order valence-corrected chi connectivity index (χ1v) is 11.4. The zero-order valence-electron chi connectivity index (χ0n) is 19.1. The molecule has 5 rings (SSSR count). The number of hydrogen-bond acceptors (Lipinski definition) is 6. The van der Waals surface area contributed by atoms with Gasteiger partial charge in [0, 0.05) is 24.5 Å². The first-order valence-electron chi connectivity index (χ1n) is 11.4. The number of benzene rings is 3. The second-order valence-corrected chi connectivity index (χ2v) is 8.80. The monoisotopic (exact) mass is 472 g/mol. The van der Waals surface area contributed by atoms with E-state index in [1.807, 2.05) is 31.2 Å². The maximum Gasteiger partial charge on any atom is 0.253 e. The number of halogens is 1. The zero-order chi connectivity index (χ0) is 24.5. The number of hydrogen-bond donors (Lipinski definition) is 3. The summed E-state index contributed by atoms with van der Waals surface area (Å²) in [5.41, 5.74) is 2.71. The Kier molecular flexibility index (Phi) is 6.05. The lowest BCUT2D eigenvalue weighted by Gasteiger charge is -2.21. The van der Waals surface area contributed by atoms with Gasteiger partial charge in [-0.15, -0.1) is 0 Å². The lowest BCUT2D eigenvalue weighted by atomic mass is 10.1. The molecule has 0 bridgehead atoms. The average molecular weight is 473 g/mol. The van der Waals surface area contributed by atoms with Crippen molar-refractivity contribution in [2.45, 2.75) is 25.5 Å². The summed E-state index contributed by atoms with van der Waals surface area (Å²) in [6.07, 6.45) is -0.703. The van der Waals surface area contributed by atoms with Gasteiger partial charge in [0.1, 0.15) is 17.4 Å². The Morgan fingerprint density at radius 3 is 2.66 bits per heavy atom. The number of amides is 1. The van der Waals surface area contributed by atoms with E-state index >= 15 is 0 Å². The van der Waals surface area contributed by atoms with E-state index in [2.05, 4.69) is 10.2 Å². The molecule has 1 aliphatic heterocycles. The average Bonchev–Trinajstić information content (AvgIpc) is 3.31. The van der Waals surface area contributed by atoms with Gasteiger partial charge in [0.2, 0.25) is 0 Å². The van der Waals surface area contributed by atoms with E-state index in [1.54, 1.807) is 18.2 Å². The van der Waals surface area contributed by atoms with Gasteiger partial charge in [-0.05, 0) is 60.9 Å². The molecule has 178 valence electrons. The number of nitrogens with zero attached hydrogens (tertiary/aromatic N) is 3. The summed E-state index contributed by atoms with van der Waals surface area (Å²) in [5, 5.41) is 24.5. The molecule has 0 radical (unpaired) electrons. The number of carbonyl (C=O) groups is 1. The van der Waals surface area contributed by atoms with E-state index in [1.165, 1.54) is 24.3 Å². The van der Waals surface area contributed by atoms with Crippen LogP contribution in [0.5, 0.6) is 5.75 Å². The number of nitrogens with one attached hydrogen (secondary N) is 1. The van der Waals surface area contributed by atoms with Gasteiger partial charge in [-0.1, -0.05) is 30.3 Å². The Bertz CT molecular complexity index is 1390. The fourth-order valence-electron chi connectivity index (χ4n) is 4.39. The minimum Gasteiger partial charge on any atom is -0.507 e. The van der Waals surface area contributed by atoms with Crippen molar-refractivity contribution in [1.29, 1.82) is 0 Å². The van der Waals surface area contributed by atoms with Gasteiger partial charge >= 0.3 is 0 Å². The normalized spacial score (nSPS) is 16.4. The van der Waals surface area contributed by atoms with Crippen molar-refractivity contribution in [1.82, 2.24) is 15.3 Å². The summed E-state index contributed by atoms with van der Waals surface area (Å²) in [6.45, 7) is 3.15. The van der Waals surface area contributed by atoms with Crippen LogP contribution in [0.15, 0.2) is 66.7 Å². The van der Waals surface area contributed by atoms with Gasteiger partial charge in [0.15, 0.2) is 11.9 Å². The fourth-order valence-corrected chi connectivity index (χ4v) is 4.39. The molecule has 3 N–H and O–H groups in total. The summed E-state index contributed by atoms with van der Waals surface area (Å²) >= 11 is 0. The number of anilines is 1. The number of aliphatic hydroxyl groups excluding tert-OH is 1. The van der Waals surface area contributed by atoms with Crippen LogP contribution in [-0.4, -0.2) is 45.2 Å². The van der Waals surface area contributed by atoms with Crippen LogP contribution in [0.3, 0.4) is 0 Å². The highest BCUT2D eigenvalue weighted by molar-refractivity contribution is 5.92. The van der Waals surface area contributed by atoms with Crippen molar-refractivity contribution in [3.05, 3.63) is 83.7 Å². The van der Waals surface area contributed by atoms with Crippen LogP contribution in [0.2, 0.25) is 0 Å². The van der Waals surface area contributed by atoms with Crippen LogP contribution in [0.25, 0.3) is 22.3 Å². The lowest BCUT2D eigenvalue weighted by Crippen LogP contribution is -2.40. The van der Waals surface area contributed by atoms with Gasteiger partial charge in [-0.3, -0.25) is 4.79 Å². The van der Waals surface area contributed by atoms with E-state index in [0.29, 0.717) is 36.5 Å². The Morgan fingerprint density at radius 1 is 1.11 bits per heavy atom. The number of rotatable bonds is 5. The zero-order valence-corrected chi connectivity index (χ0v) is 19.1. The Hall–Kier alpha value is -4.04. The quantitative estimate of drug-likeness (QED) is 0.408. The van der Waals surface area contributed by atoms with E-state index < -0.39 is 17.8 Å². The summed E-state index contributed by atoms with van der Waals surface area (Å²) in [5.74, 6) is 0.302. The molecule has 0 aliphatic carbocycles. The van der Waals surface area contributed by atoms with Gasteiger partial charge < -0.3 is 20.4 Å². The third kappa shape index (κ3) is 4.65. The number of fused-ring (bicyclic) bond motifs is 1. The van der Waals surface area contributed by atoms with Crippen molar-refractivity contribution in [3.63, 3.8) is 0 Å². The first-order chi connectivity index (χ1) is 16.9. The molecule has 1 fully saturated rings. The minimum atomic E-state index is -1.37. The fraction of sp³-hybridized carbons (Fsp3) is 0.222. The van der Waals surface area contributed by atoms with Crippen LogP contribution in [-0.2, 0) is 4.79 Å². The number of aromatic nitrogens is 2. The maximum atomic E-state index is 13.2. The van der Waals surface area contributed by atoms with Crippen molar-refractivity contribution >= 4 is 22.6 Å². The van der Waals surface area contributed by atoms with Crippen LogP contribution in [0.1, 0.15) is 23.7 Å². The van der Waals surface area contributed by atoms with E-state index in [4.69, 9.17) is 9.97 Å². The van der Waals surface area contributed by atoms with Crippen molar-refractivity contribution in [3.8, 4) is 17.1 Å². The Balaban J connectivity index is 1.40. The van der Waals surface area contributed by atoms with E-state index in [-0.39, 0.29) is 11.8 Å². The minimum absolute atomic E-state index is 0.104. The molecule has 1 aliphatic rings. The summed E-state index contributed by atoms with van der Waals surface area (Å²) in [7, 11) is 0. The molecule has 3 aromatic carbocycles. The number of aromatic hydroxyl groups is 1. The molecule has 35 heavy (non-hydrogen) atoms. The van der Waals surface area contributed by atoms with E-state index in [9.17, 15) is 19.4 Å². The SMILES string of the molecule is Cc1ccc2c(N3CCC(NC(=O)C(O)c4ccc(F)cc4)C3)nc(-c3ccccc3O)nc2c1. The highest BCUT2D eigenvalue weighted by Crippen LogP contribution is 2.33. The molecule has 0 saturated carbocycles. The Morgan fingerprint density at radius 2 is 1.89 bits per heavy atom. The predicted molar refractivity (Wildman–Crippen MR) is 131 cm³/mol. The maximum absolute atomic E-state index is 13.2. The molecular weight excluding hydrogens is 447 g/mol. The third-order valence-electron chi connectivity index (χ3n) is 6.25. The molecule has 8 heteroatoms. The number of aryl methyl sites for hydroxylation is 1. The number of phenolic OH excluding ortho intramolecular Hbond substituents is 1. The number of aliphatic hydroxyl groups is 1. The summed E-state index contributed by atoms with van der Waals surface area (Å²) in [4.78, 5) is 24.2. The Labute approximate surface area is 201 Å². The summed E-state index contributed by atoms with van der Waals surface area (Å²) in [6, 6.07) is 18.0. The van der Waals surface area contributed by atoms with E-state index in [0.717, 1.165) is 22.3 Å². The largest absolute Gasteiger partial charge is 0.507 e. The second-order valence-electron chi connectivity index (χ2n) is 8.80. The molecule has 1 amide bonds. The number of carbonyl (C=O) groups excluding carboxylic acids is 1. The molecule has 1 aromatic heterocycles. The van der Waals surface area contributed by atoms with Gasteiger partial charge in [0.05, 0.1) is 11.1 Å². The molecule has 2 unspecified atom stereocenters. The number of phenols is 1. The van der Waals surface area contributed by atoms with Crippen LogP contribution in [0.4, 0.5) is 10.2 Å². The van der Waals surface area contributed by atoms with Crippen molar-refractivity contribution in [2.24, 2.45) is 0 Å². The smallest absolute Gasteiger partial charge is 0.253 e. The van der Waals surface area contributed by atoms with Crippen molar-refractivity contribution < 1.29 is 19.4 Å².